The molecule has 1 heterocycles. The number of allylic oxidation sites excluding steroid dienone is 1. The van der Waals surface area contributed by atoms with Crippen LogP contribution >= 0.6 is 15.9 Å². The van der Waals surface area contributed by atoms with E-state index in [2.05, 4.69) is 15.9 Å². The number of nitrogens with zero attached hydrogens (tertiary/aromatic N) is 2. The average molecular weight is 459 g/mol. The molecule has 30 heavy (non-hydrogen) atoms. The summed E-state index contributed by atoms with van der Waals surface area (Å²) in [5, 5.41) is 4.78. The number of benzene rings is 3. The van der Waals surface area contributed by atoms with Crippen LogP contribution in [0.1, 0.15) is 15.9 Å². The number of hydrogen-bond donors (Lipinski definition) is 0. The smallest absolute Gasteiger partial charge is 0.185 e. The van der Waals surface area contributed by atoms with E-state index in [0.717, 1.165) is 32.7 Å². The molecule has 0 radical (unpaired) electrons. The van der Waals surface area contributed by atoms with Crippen molar-refractivity contribution in [3.63, 3.8) is 0 Å². The Morgan fingerprint density at radius 2 is 1.67 bits per heavy atom. The van der Waals surface area contributed by atoms with E-state index in [0.29, 0.717) is 5.56 Å². The van der Waals surface area contributed by atoms with Gasteiger partial charge in [-0.25, -0.2) is 4.68 Å². The van der Waals surface area contributed by atoms with Crippen LogP contribution in [0.4, 0.5) is 0 Å². The standard InChI is InChI=1S/C25H19BrN2O2/c1-30-23-14-9-19(10-15-23)25-20(17-28(27-25)22-5-3-2-4-6-22)11-16-24(29)18-7-12-21(26)13-8-18/h2-17H,1H3/b16-11+. The fourth-order valence-electron chi connectivity index (χ4n) is 3.07. The zero-order chi connectivity index (χ0) is 20.9. The van der Waals surface area contributed by atoms with Crippen LogP contribution < -0.4 is 4.74 Å². The lowest BCUT2D eigenvalue weighted by Crippen LogP contribution is -1.94. The van der Waals surface area contributed by atoms with Crippen LogP contribution in [0, 0.1) is 0 Å². The molecule has 0 aliphatic rings. The first-order chi connectivity index (χ1) is 14.6. The molecule has 0 unspecified atom stereocenters. The third-order valence-corrected chi connectivity index (χ3v) is 5.20. The predicted molar refractivity (Wildman–Crippen MR) is 123 cm³/mol. The second-order valence-corrected chi connectivity index (χ2v) is 7.56. The topological polar surface area (TPSA) is 44.1 Å². The number of ether oxygens (including phenoxy) is 1. The highest BCUT2D eigenvalue weighted by atomic mass is 79.9. The molecule has 3 aromatic carbocycles. The van der Waals surface area contributed by atoms with Crippen LogP contribution in [0.2, 0.25) is 0 Å². The van der Waals surface area contributed by atoms with Crippen molar-refractivity contribution in [1.29, 1.82) is 0 Å². The van der Waals surface area contributed by atoms with E-state index in [9.17, 15) is 4.79 Å². The van der Waals surface area contributed by atoms with Gasteiger partial charge in [-0.05, 0) is 72.8 Å². The van der Waals surface area contributed by atoms with Gasteiger partial charge in [0.15, 0.2) is 5.78 Å². The van der Waals surface area contributed by atoms with Crippen molar-refractivity contribution < 1.29 is 9.53 Å². The minimum absolute atomic E-state index is 0.0596. The fraction of sp³-hybridized carbons (Fsp3) is 0.0400. The van der Waals surface area contributed by atoms with E-state index in [1.807, 2.05) is 83.7 Å². The highest BCUT2D eigenvalue weighted by molar-refractivity contribution is 9.10. The maximum absolute atomic E-state index is 12.6. The molecule has 0 amide bonds. The molecule has 0 saturated heterocycles. The van der Waals surface area contributed by atoms with Crippen LogP contribution in [0.5, 0.6) is 5.75 Å². The number of ketones is 1. The van der Waals surface area contributed by atoms with E-state index >= 15 is 0 Å². The van der Waals surface area contributed by atoms with Crippen molar-refractivity contribution >= 4 is 27.8 Å². The van der Waals surface area contributed by atoms with Crippen molar-refractivity contribution in [3.05, 3.63) is 107 Å². The summed E-state index contributed by atoms with van der Waals surface area (Å²) in [6, 6.07) is 24.9. The van der Waals surface area contributed by atoms with Crippen molar-refractivity contribution in [2.45, 2.75) is 0 Å². The molecule has 5 heteroatoms. The van der Waals surface area contributed by atoms with Crippen LogP contribution in [0.25, 0.3) is 23.0 Å². The monoisotopic (exact) mass is 458 g/mol. The van der Waals surface area contributed by atoms with Crippen LogP contribution in [0.15, 0.2) is 95.6 Å². The summed E-state index contributed by atoms with van der Waals surface area (Å²) in [4.78, 5) is 12.6. The lowest BCUT2D eigenvalue weighted by Gasteiger charge is -2.02. The molecule has 0 bridgehead atoms. The third-order valence-electron chi connectivity index (χ3n) is 4.67. The molecule has 4 aromatic rings. The highest BCUT2D eigenvalue weighted by Crippen LogP contribution is 2.27. The van der Waals surface area contributed by atoms with E-state index in [-0.39, 0.29) is 5.78 Å². The molecular weight excluding hydrogens is 440 g/mol. The van der Waals surface area contributed by atoms with Gasteiger partial charge in [0.1, 0.15) is 5.75 Å². The van der Waals surface area contributed by atoms with Crippen molar-refractivity contribution in [3.8, 4) is 22.7 Å². The summed E-state index contributed by atoms with van der Waals surface area (Å²) >= 11 is 3.39. The number of aromatic nitrogens is 2. The van der Waals surface area contributed by atoms with Gasteiger partial charge in [-0.3, -0.25) is 4.79 Å². The summed E-state index contributed by atoms with van der Waals surface area (Å²) < 4.78 is 8.02. The van der Waals surface area contributed by atoms with Gasteiger partial charge < -0.3 is 4.74 Å². The Morgan fingerprint density at radius 3 is 2.33 bits per heavy atom. The molecule has 0 aliphatic heterocycles. The molecule has 0 spiro atoms. The SMILES string of the molecule is COc1ccc(-c2nn(-c3ccccc3)cc2/C=C/C(=O)c2ccc(Br)cc2)cc1. The Kier molecular flexibility index (Phi) is 5.91. The van der Waals surface area contributed by atoms with Crippen LogP contribution in [0.3, 0.4) is 0 Å². The molecular formula is C25H19BrN2O2. The molecule has 4 nitrogen and oxygen atoms in total. The van der Waals surface area contributed by atoms with Gasteiger partial charge in [0.2, 0.25) is 0 Å². The Labute approximate surface area is 183 Å². The van der Waals surface area contributed by atoms with Crippen molar-refractivity contribution in [2.24, 2.45) is 0 Å². The largest absolute Gasteiger partial charge is 0.497 e. The van der Waals surface area contributed by atoms with Crippen LogP contribution in [-0.2, 0) is 0 Å². The molecule has 0 aliphatic carbocycles. The number of carbonyl (C=O) groups is 1. The maximum Gasteiger partial charge on any atom is 0.185 e. The van der Waals surface area contributed by atoms with E-state index in [1.165, 1.54) is 0 Å². The summed E-state index contributed by atoms with van der Waals surface area (Å²) in [6.45, 7) is 0. The Bertz CT molecular complexity index is 1180. The highest BCUT2D eigenvalue weighted by Gasteiger charge is 2.11. The number of para-hydroxylation sites is 1. The summed E-state index contributed by atoms with van der Waals surface area (Å²) in [6.07, 6.45) is 5.33. The number of rotatable bonds is 6. The van der Waals surface area contributed by atoms with Gasteiger partial charge in [-0.2, -0.15) is 5.10 Å². The summed E-state index contributed by atoms with van der Waals surface area (Å²) in [7, 11) is 1.64. The quantitative estimate of drug-likeness (QED) is 0.255. The maximum atomic E-state index is 12.6. The van der Waals surface area contributed by atoms with Gasteiger partial charge in [0.25, 0.3) is 0 Å². The number of carbonyl (C=O) groups excluding carboxylic acids is 1. The first kappa shape index (κ1) is 19.9. The first-order valence-electron chi connectivity index (χ1n) is 9.41. The van der Waals surface area contributed by atoms with Gasteiger partial charge in [-0.1, -0.05) is 34.1 Å². The number of methoxy groups -OCH3 is 1. The second kappa shape index (κ2) is 8.93. The second-order valence-electron chi connectivity index (χ2n) is 6.65. The summed E-state index contributed by atoms with van der Waals surface area (Å²) in [5.74, 6) is 0.722. The zero-order valence-corrected chi connectivity index (χ0v) is 17.9. The Morgan fingerprint density at radius 1 is 0.967 bits per heavy atom. The molecule has 0 saturated carbocycles. The molecule has 0 atom stereocenters. The minimum Gasteiger partial charge on any atom is -0.497 e. The van der Waals surface area contributed by atoms with Crippen molar-refractivity contribution in [1.82, 2.24) is 9.78 Å². The third kappa shape index (κ3) is 4.42. The van der Waals surface area contributed by atoms with E-state index < -0.39 is 0 Å². The predicted octanol–water partition coefficient (Wildman–Crippen LogP) is 6.21. The lowest BCUT2D eigenvalue weighted by atomic mass is 10.1. The molecule has 4 rings (SSSR count). The zero-order valence-electron chi connectivity index (χ0n) is 16.3. The van der Waals surface area contributed by atoms with Gasteiger partial charge >= 0.3 is 0 Å². The molecule has 1 aromatic heterocycles. The van der Waals surface area contributed by atoms with Gasteiger partial charge in [0.05, 0.1) is 18.5 Å². The lowest BCUT2D eigenvalue weighted by molar-refractivity contribution is 0.104. The Hall–Kier alpha value is -3.44. The number of halogens is 1. The normalized spacial score (nSPS) is 11.0. The van der Waals surface area contributed by atoms with E-state index in [4.69, 9.17) is 9.84 Å². The number of hydrogen-bond acceptors (Lipinski definition) is 3. The van der Waals surface area contributed by atoms with E-state index in [1.54, 1.807) is 25.3 Å². The minimum atomic E-state index is -0.0596. The van der Waals surface area contributed by atoms with Gasteiger partial charge in [-0.15, -0.1) is 0 Å². The first-order valence-corrected chi connectivity index (χ1v) is 10.2. The molecule has 0 fully saturated rings. The molecule has 0 N–H and O–H groups in total. The fourth-order valence-corrected chi connectivity index (χ4v) is 3.34. The molecule has 148 valence electrons. The Balaban J connectivity index is 1.71. The average Bonchev–Trinajstić information content (AvgIpc) is 3.23. The van der Waals surface area contributed by atoms with Crippen LogP contribution in [-0.4, -0.2) is 22.7 Å². The van der Waals surface area contributed by atoms with Crippen molar-refractivity contribution in [2.75, 3.05) is 7.11 Å². The van der Waals surface area contributed by atoms with Gasteiger partial charge in [0, 0.05) is 27.4 Å². The summed E-state index contributed by atoms with van der Waals surface area (Å²) in [5.41, 5.74) is 4.18.